The number of carboxylic acid groups (broad SMARTS) is 1. The van der Waals surface area contributed by atoms with Gasteiger partial charge in [-0.15, -0.1) is 0 Å². The van der Waals surface area contributed by atoms with Crippen LogP contribution in [0.25, 0.3) is 6.08 Å². The SMILES string of the molecule is CNCC=Cc1ccc(O)c(C(=O)O)c1. The van der Waals surface area contributed by atoms with Crippen LogP contribution in [0.1, 0.15) is 15.9 Å². The molecule has 1 rings (SSSR count). The van der Waals surface area contributed by atoms with Crippen LogP contribution in [-0.4, -0.2) is 29.8 Å². The van der Waals surface area contributed by atoms with Crippen LogP contribution in [0.3, 0.4) is 0 Å². The van der Waals surface area contributed by atoms with Gasteiger partial charge in [-0.3, -0.25) is 0 Å². The molecule has 0 saturated carbocycles. The number of nitrogens with one attached hydrogen (secondary N) is 1. The van der Waals surface area contributed by atoms with Gasteiger partial charge in [0.15, 0.2) is 0 Å². The van der Waals surface area contributed by atoms with Crippen LogP contribution in [-0.2, 0) is 0 Å². The van der Waals surface area contributed by atoms with E-state index in [2.05, 4.69) is 5.32 Å². The van der Waals surface area contributed by atoms with Crippen LogP contribution in [0.5, 0.6) is 5.75 Å². The number of carboxylic acids is 1. The molecule has 0 saturated heterocycles. The van der Waals surface area contributed by atoms with Crippen LogP contribution in [0.15, 0.2) is 24.3 Å². The number of phenols is 1. The van der Waals surface area contributed by atoms with E-state index in [9.17, 15) is 9.90 Å². The monoisotopic (exact) mass is 207 g/mol. The van der Waals surface area contributed by atoms with E-state index >= 15 is 0 Å². The van der Waals surface area contributed by atoms with Gasteiger partial charge in [0.1, 0.15) is 11.3 Å². The molecule has 0 bridgehead atoms. The van der Waals surface area contributed by atoms with Crippen LogP contribution >= 0.6 is 0 Å². The number of benzene rings is 1. The van der Waals surface area contributed by atoms with Crippen molar-refractivity contribution in [3.8, 4) is 5.75 Å². The molecule has 1 aromatic rings. The molecule has 4 nitrogen and oxygen atoms in total. The highest BCUT2D eigenvalue weighted by Gasteiger charge is 2.08. The van der Waals surface area contributed by atoms with Crippen molar-refractivity contribution in [3.63, 3.8) is 0 Å². The molecule has 3 N–H and O–H groups in total. The van der Waals surface area contributed by atoms with Crippen molar-refractivity contribution in [2.24, 2.45) is 0 Å². The molecule has 15 heavy (non-hydrogen) atoms. The molecule has 4 heteroatoms. The Morgan fingerprint density at radius 2 is 2.27 bits per heavy atom. The van der Waals surface area contributed by atoms with Gasteiger partial charge in [0.25, 0.3) is 0 Å². The molecule has 1 aromatic carbocycles. The molecular weight excluding hydrogens is 194 g/mol. The first-order valence-corrected chi connectivity index (χ1v) is 4.52. The molecule has 0 atom stereocenters. The van der Waals surface area contributed by atoms with Gasteiger partial charge in [0, 0.05) is 6.54 Å². The van der Waals surface area contributed by atoms with E-state index in [1.807, 2.05) is 13.1 Å². The second-order valence-electron chi connectivity index (χ2n) is 3.04. The predicted octanol–water partition coefficient (Wildman–Crippen LogP) is 1.32. The summed E-state index contributed by atoms with van der Waals surface area (Å²) in [7, 11) is 1.82. The van der Waals surface area contributed by atoms with Crippen molar-refractivity contribution in [2.45, 2.75) is 0 Å². The third-order valence-corrected chi connectivity index (χ3v) is 1.88. The molecule has 0 aliphatic heterocycles. The predicted molar refractivity (Wildman–Crippen MR) is 58.0 cm³/mol. The number of hydrogen-bond donors (Lipinski definition) is 3. The summed E-state index contributed by atoms with van der Waals surface area (Å²) in [5.74, 6) is -1.34. The lowest BCUT2D eigenvalue weighted by atomic mass is 10.1. The van der Waals surface area contributed by atoms with E-state index in [4.69, 9.17) is 5.11 Å². The topological polar surface area (TPSA) is 69.6 Å². The van der Waals surface area contributed by atoms with E-state index in [-0.39, 0.29) is 11.3 Å². The molecule has 0 heterocycles. The van der Waals surface area contributed by atoms with Gasteiger partial charge in [-0.25, -0.2) is 4.79 Å². The summed E-state index contributed by atoms with van der Waals surface area (Å²) in [4.78, 5) is 10.7. The Balaban J connectivity index is 2.92. The Hall–Kier alpha value is -1.81. The largest absolute Gasteiger partial charge is 0.507 e. The second kappa shape index (κ2) is 5.17. The molecule has 0 amide bonds. The average Bonchev–Trinajstić information content (AvgIpc) is 2.20. The standard InChI is InChI=1S/C11H13NO3/c1-12-6-2-3-8-4-5-10(13)9(7-8)11(14)15/h2-5,7,12-13H,6H2,1H3,(H,14,15). The van der Waals surface area contributed by atoms with E-state index in [1.54, 1.807) is 12.1 Å². The molecule has 0 aliphatic rings. The molecular formula is C11H13NO3. The van der Waals surface area contributed by atoms with Crippen LogP contribution < -0.4 is 5.32 Å². The number of likely N-dealkylation sites (N-methyl/N-ethyl adjacent to an activating group) is 1. The fraction of sp³-hybridized carbons (Fsp3) is 0.182. The minimum atomic E-state index is -1.13. The van der Waals surface area contributed by atoms with Gasteiger partial charge in [-0.2, -0.15) is 0 Å². The molecule has 0 unspecified atom stereocenters. The van der Waals surface area contributed by atoms with Crippen molar-refractivity contribution in [3.05, 3.63) is 35.4 Å². The van der Waals surface area contributed by atoms with Crippen LogP contribution in [0, 0.1) is 0 Å². The third kappa shape index (κ3) is 3.11. The quantitative estimate of drug-likeness (QED) is 0.696. The first kappa shape index (κ1) is 11.3. The number of carbonyl (C=O) groups is 1. The summed E-state index contributed by atoms with van der Waals surface area (Å²) < 4.78 is 0. The average molecular weight is 207 g/mol. The van der Waals surface area contributed by atoms with Gasteiger partial charge in [0.2, 0.25) is 0 Å². The van der Waals surface area contributed by atoms with E-state index in [0.29, 0.717) is 6.54 Å². The maximum Gasteiger partial charge on any atom is 0.339 e. The van der Waals surface area contributed by atoms with Crippen molar-refractivity contribution >= 4 is 12.0 Å². The summed E-state index contributed by atoms with van der Waals surface area (Å²) >= 11 is 0. The second-order valence-corrected chi connectivity index (χ2v) is 3.04. The summed E-state index contributed by atoms with van der Waals surface area (Å²) in [6, 6.07) is 4.47. The lowest BCUT2D eigenvalue weighted by molar-refractivity contribution is 0.0693. The Morgan fingerprint density at radius 1 is 1.53 bits per heavy atom. The van der Waals surface area contributed by atoms with Gasteiger partial charge in [-0.1, -0.05) is 18.2 Å². The van der Waals surface area contributed by atoms with Gasteiger partial charge < -0.3 is 15.5 Å². The fourth-order valence-electron chi connectivity index (χ4n) is 1.14. The third-order valence-electron chi connectivity index (χ3n) is 1.88. The molecule has 0 aliphatic carbocycles. The number of rotatable bonds is 4. The van der Waals surface area contributed by atoms with E-state index in [1.165, 1.54) is 12.1 Å². The Kier molecular flexibility index (Phi) is 3.88. The molecule has 80 valence electrons. The molecule has 0 radical (unpaired) electrons. The summed E-state index contributed by atoms with van der Waals surface area (Å²) in [6.45, 7) is 0.712. The zero-order chi connectivity index (χ0) is 11.3. The van der Waals surface area contributed by atoms with Crippen LogP contribution in [0.4, 0.5) is 0 Å². The first-order valence-electron chi connectivity index (χ1n) is 4.52. The van der Waals surface area contributed by atoms with Crippen molar-refractivity contribution in [1.29, 1.82) is 0 Å². The van der Waals surface area contributed by atoms with Crippen LogP contribution in [0.2, 0.25) is 0 Å². The number of aromatic hydroxyl groups is 1. The normalized spacial score (nSPS) is 10.7. The minimum Gasteiger partial charge on any atom is -0.507 e. The zero-order valence-corrected chi connectivity index (χ0v) is 8.40. The van der Waals surface area contributed by atoms with Crippen molar-refractivity contribution < 1.29 is 15.0 Å². The number of aromatic carboxylic acids is 1. The van der Waals surface area contributed by atoms with Gasteiger partial charge in [0.05, 0.1) is 0 Å². The minimum absolute atomic E-state index is 0.0818. The highest BCUT2D eigenvalue weighted by Crippen LogP contribution is 2.18. The fourth-order valence-corrected chi connectivity index (χ4v) is 1.14. The maximum absolute atomic E-state index is 10.7. The summed E-state index contributed by atoms with van der Waals surface area (Å²) in [5, 5.41) is 21.0. The Bertz CT molecular complexity index is 385. The molecule has 0 aromatic heterocycles. The van der Waals surface area contributed by atoms with E-state index in [0.717, 1.165) is 5.56 Å². The summed E-state index contributed by atoms with van der Waals surface area (Å²) in [5.41, 5.74) is 0.669. The highest BCUT2D eigenvalue weighted by atomic mass is 16.4. The molecule has 0 spiro atoms. The Labute approximate surface area is 87.9 Å². The number of hydrogen-bond acceptors (Lipinski definition) is 3. The van der Waals surface area contributed by atoms with Gasteiger partial charge in [-0.05, 0) is 24.7 Å². The van der Waals surface area contributed by atoms with Gasteiger partial charge >= 0.3 is 5.97 Å². The smallest absolute Gasteiger partial charge is 0.339 e. The molecule has 0 fully saturated rings. The van der Waals surface area contributed by atoms with Crippen molar-refractivity contribution in [2.75, 3.05) is 13.6 Å². The Morgan fingerprint density at radius 3 is 2.87 bits per heavy atom. The lowest BCUT2D eigenvalue weighted by Gasteiger charge is -2.00. The highest BCUT2D eigenvalue weighted by molar-refractivity contribution is 5.91. The van der Waals surface area contributed by atoms with Crippen molar-refractivity contribution in [1.82, 2.24) is 5.32 Å². The lowest BCUT2D eigenvalue weighted by Crippen LogP contribution is -2.03. The zero-order valence-electron chi connectivity index (χ0n) is 8.40. The summed E-state index contributed by atoms with van der Waals surface area (Å²) in [6.07, 6.45) is 3.67. The maximum atomic E-state index is 10.7. The first-order chi connectivity index (χ1) is 7.15. The van der Waals surface area contributed by atoms with E-state index < -0.39 is 5.97 Å².